The minimum absolute atomic E-state index is 0.176. The number of hydrogen-bond donors (Lipinski definition) is 1. The summed E-state index contributed by atoms with van der Waals surface area (Å²) >= 11 is 0. The summed E-state index contributed by atoms with van der Waals surface area (Å²) < 4.78 is 11.4. The molecule has 1 aliphatic carbocycles. The summed E-state index contributed by atoms with van der Waals surface area (Å²) in [5.74, 6) is 0.306. The molecule has 0 aliphatic heterocycles. The summed E-state index contributed by atoms with van der Waals surface area (Å²) in [6, 6.07) is 25.2. The van der Waals surface area contributed by atoms with Gasteiger partial charge in [0.1, 0.15) is 11.5 Å². The molecule has 1 atom stereocenters. The molecule has 4 rings (SSSR count). The van der Waals surface area contributed by atoms with Gasteiger partial charge in [0.15, 0.2) is 0 Å². The number of esters is 1. The van der Waals surface area contributed by atoms with Gasteiger partial charge in [-0.3, -0.25) is 4.79 Å². The summed E-state index contributed by atoms with van der Waals surface area (Å²) in [6.07, 6.45) is 0.920. The maximum absolute atomic E-state index is 12.8. The van der Waals surface area contributed by atoms with Gasteiger partial charge in [-0.15, -0.1) is 0 Å². The van der Waals surface area contributed by atoms with Crippen molar-refractivity contribution in [3.8, 4) is 11.5 Å². The number of rotatable bonds is 7. The molecule has 0 aromatic heterocycles. The first-order valence-corrected chi connectivity index (χ1v) is 9.58. The zero-order chi connectivity index (χ0) is 20.1. The van der Waals surface area contributed by atoms with Crippen molar-refractivity contribution >= 4 is 11.9 Å². The lowest BCUT2D eigenvalue weighted by molar-refractivity contribution is -0.130. The molecule has 0 spiro atoms. The highest BCUT2D eigenvalue weighted by atomic mass is 16.5. The molecular formula is C24H21NO4. The van der Waals surface area contributed by atoms with Crippen LogP contribution in [0.3, 0.4) is 0 Å². The highest BCUT2D eigenvalue weighted by molar-refractivity contribution is 5.93. The zero-order valence-corrected chi connectivity index (χ0v) is 15.8. The van der Waals surface area contributed by atoms with Crippen LogP contribution in [-0.4, -0.2) is 17.9 Å². The highest BCUT2D eigenvalue weighted by Crippen LogP contribution is 2.26. The van der Waals surface area contributed by atoms with Crippen LogP contribution in [0.2, 0.25) is 0 Å². The van der Waals surface area contributed by atoms with Crippen LogP contribution in [0.4, 0.5) is 0 Å². The standard InChI is InChI=1S/C24H21NO4/c26-23(25-19-14-15-19)22(17-8-3-1-4-9-17)29-24(27)18-10-7-13-21(16-18)28-20-11-5-2-6-12-20/h1-13,16,19,22H,14-15H2,(H,25,26)/t22-/m1/s1. The molecule has 146 valence electrons. The Morgan fingerprint density at radius 3 is 2.17 bits per heavy atom. The minimum Gasteiger partial charge on any atom is -0.457 e. The van der Waals surface area contributed by atoms with E-state index in [1.165, 1.54) is 0 Å². The normalized spacial score (nSPS) is 13.9. The monoisotopic (exact) mass is 387 g/mol. The van der Waals surface area contributed by atoms with Crippen LogP contribution in [-0.2, 0) is 9.53 Å². The van der Waals surface area contributed by atoms with Crippen LogP contribution in [0, 0.1) is 0 Å². The van der Waals surface area contributed by atoms with Crippen molar-refractivity contribution in [3.05, 3.63) is 96.1 Å². The maximum Gasteiger partial charge on any atom is 0.339 e. The number of ether oxygens (including phenoxy) is 2. The van der Waals surface area contributed by atoms with E-state index in [4.69, 9.17) is 9.47 Å². The highest BCUT2D eigenvalue weighted by Gasteiger charge is 2.31. The summed E-state index contributed by atoms with van der Waals surface area (Å²) in [5.41, 5.74) is 0.953. The minimum atomic E-state index is -0.997. The molecule has 0 radical (unpaired) electrons. The maximum atomic E-state index is 12.8. The molecule has 3 aromatic carbocycles. The first kappa shape index (κ1) is 18.7. The Kier molecular flexibility index (Phi) is 5.56. The predicted octanol–water partition coefficient (Wildman–Crippen LogP) is 4.66. The second kappa shape index (κ2) is 8.61. The largest absolute Gasteiger partial charge is 0.457 e. The quantitative estimate of drug-likeness (QED) is 0.599. The molecule has 1 saturated carbocycles. The van der Waals surface area contributed by atoms with Crippen LogP contribution in [0.1, 0.15) is 34.9 Å². The molecular weight excluding hydrogens is 366 g/mol. The van der Waals surface area contributed by atoms with Crippen LogP contribution < -0.4 is 10.1 Å². The summed E-state index contributed by atoms with van der Waals surface area (Å²) in [5, 5.41) is 2.91. The van der Waals surface area contributed by atoms with Crippen LogP contribution in [0.5, 0.6) is 11.5 Å². The number of benzene rings is 3. The molecule has 3 aromatic rings. The summed E-state index contributed by atoms with van der Waals surface area (Å²) in [7, 11) is 0. The number of amides is 1. The SMILES string of the molecule is O=C(O[C@@H](C(=O)NC1CC1)c1ccccc1)c1cccc(Oc2ccccc2)c1. The number of nitrogens with one attached hydrogen (secondary N) is 1. The Bertz CT molecular complexity index is 984. The number of carbonyl (C=O) groups is 2. The van der Waals surface area contributed by atoms with Gasteiger partial charge >= 0.3 is 5.97 Å². The van der Waals surface area contributed by atoms with Gasteiger partial charge in [-0.05, 0) is 43.2 Å². The average Bonchev–Trinajstić information content (AvgIpc) is 3.57. The molecule has 5 nitrogen and oxygen atoms in total. The number of carbonyl (C=O) groups excluding carboxylic acids is 2. The molecule has 0 bridgehead atoms. The fourth-order valence-electron chi connectivity index (χ4n) is 2.89. The lowest BCUT2D eigenvalue weighted by atomic mass is 10.1. The second-order valence-electron chi connectivity index (χ2n) is 6.92. The zero-order valence-electron chi connectivity index (χ0n) is 15.8. The molecule has 0 saturated heterocycles. The lowest BCUT2D eigenvalue weighted by Gasteiger charge is -2.18. The molecule has 5 heteroatoms. The third-order valence-corrected chi connectivity index (χ3v) is 4.54. The van der Waals surface area contributed by atoms with Crippen molar-refractivity contribution in [1.82, 2.24) is 5.32 Å². The van der Waals surface area contributed by atoms with Gasteiger partial charge < -0.3 is 14.8 Å². The molecule has 0 heterocycles. The van der Waals surface area contributed by atoms with Gasteiger partial charge in [0.05, 0.1) is 5.56 Å². The van der Waals surface area contributed by atoms with E-state index in [0.29, 0.717) is 22.6 Å². The smallest absolute Gasteiger partial charge is 0.339 e. The third-order valence-electron chi connectivity index (χ3n) is 4.54. The van der Waals surface area contributed by atoms with Crippen molar-refractivity contribution in [3.63, 3.8) is 0 Å². The lowest BCUT2D eigenvalue weighted by Crippen LogP contribution is -2.33. The van der Waals surface area contributed by atoms with E-state index in [2.05, 4.69) is 5.32 Å². The molecule has 1 fully saturated rings. The van der Waals surface area contributed by atoms with E-state index in [1.807, 2.05) is 48.5 Å². The first-order valence-electron chi connectivity index (χ1n) is 9.58. The van der Waals surface area contributed by atoms with Crippen molar-refractivity contribution in [2.75, 3.05) is 0 Å². The fourth-order valence-corrected chi connectivity index (χ4v) is 2.89. The van der Waals surface area contributed by atoms with Crippen molar-refractivity contribution in [2.45, 2.75) is 25.0 Å². The molecule has 1 amide bonds. The topological polar surface area (TPSA) is 64.6 Å². The molecule has 1 N–H and O–H groups in total. The van der Waals surface area contributed by atoms with Crippen LogP contribution >= 0.6 is 0 Å². The van der Waals surface area contributed by atoms with E-state index in [9.17, 15) is 9.59 Å². The Hall–Kier alpha value is -3.60. The predicted molar refractivity (Wildman–Crippen MR) is 109 cm³/mol. The third kappa shape index (κ3) is 5.02. The van der Waals surface area contributed by atoms with Crippen LogP contribution in [0.15, 0.2) is 84.9 Å². The molecule has 1 aliphatic rings. The summed E-state index contributed by atoms with van der Waals surface area (Å²) in [6.45, 7) is 0. The van der Waals surface area contributed by atoms with Gasteiger partial charge in [0, 0.05) is 11.6 Å². The van der Waals surface area contributed by atoms with Crippen molar-refractivity contribution in [2.24, 2.45) is 0 Å². The van der Waals surface area contributed by atoms with Gasteiger partial charge in [-0.25, -0.2) is 4.79 Å². The molecule has 29 heavy (non-hydrogen) atoms. The van der Waals surface area contributed by atoms with Crippen molar-refractivity contribution in [1.29, 1.82) is 0 Å². The Morgan fingerprint density at radius 2 is 1.48 bits per heavy atom. The fraction of sp³-hybridized carbons (Fsp3) is 0.167. The van der Waals surface area contributed by atoms with E-state index in [1.54, 1.807) is 36.4 Å². The number of hydrogen-bond acceptors (Lipinski definition) is 4. The Balaban J connectivity index is 1.51. The van der Waals surface area contributed by atoms with Gasteiger partial charge in [-0.1, -0.05) is 54.6 Å². The van der Waals surface area contributed by atoms with E-state index in [-0.39, 0.29) is 11.9 Å². The first-order chi connectivity index (χ1) is 14.2. The summed E-state index contributed by atoms with van der Waals surface area (Å²) in [4.78, 5) is 25.4. The van der Waals surface area contributed by atoms with Crippen LogP contribution in [0.25, 0.3) is 0 Å². The Labute approximate surface area is 169 Å². The Morgan fingerprint density at radius 1 is 0.828 bits per heavy atom. The molecule has 0 unspecified atom stereocenters. The van der Waals surface area contributed by atoms with Gasteiger partial charge in [0.25, 0.3) is 5.91 Å². The van der Waals surface area contributed by atoms with Gasteiger partial charge in [-0.2, -0.15) is 0 Å². The number of para-hydroxylation sites is 1. The average molecular weight is 387 g/mol. The second-order valence-corrected chi connectivity index (χ2v) is 6.92. The van der Waals surface area contributed by atoms with E-state index in [0.717, 1.165) is 12.8 Å². The van der Waals surface area contributed by atoms with Crippen molar-refractivity contribution < 1.29 is 19.1 Å². The van der Waals surface area contributed by atoms with Gasteiger partial charge in [0.2, 0.25) is 6.10 Å². The van der Waals surface area contributed by atoms with E-state index >= 15 is 0 Å². The van der Waals surface area contributed by atoms with E-state index < -0.39 is 12.1 Å².